The lowest BCUT2D eigenvalue weighted by molar-refractivity contribution is -0.390. The van der Waals surface area contributed by atoms with Crippen LogP contribution in [0.2, 0.25) is 0 Å². The molecule has 150 heavy (non-hydrogen) atoms. The molecule has 9 aliphatic heterocycles. The summed E-state index contributed by atoms with van der Waals surface area (Å²) in [7, 11) is 0. The number of ether oxygens (including phenoxy) is 20. The number of carbonyl (C=O) groups excluding carboxylic acids is 3. The summed E-state index contributed by atoms with van der Waals surface area (Å²) in [5.74, 6) is -4.80. The molecule has 14 rings (SSSR count). The molecule has 0 aromatic rings. The van der Waals surface area contributed by atoms with Crippen LogP contribution in [0.1, 0.15) is 153 Å². The molecule has 53 atom stereocenters. The highest BCUT2D eigenvalue weighted by atomic mass is 16.8. The Morgan fingerprint density at radius 1 is 0.447 bits per heavy atom. The topological polar surface area (TPSA) is 782 Å². The zero-order valence-electron chi connectivity index (χ0n) is 85.8. The van der Waals surface area contributed by atoms with Crippen LogP contribution < -0.4 is 0 Å². The summed E-state index contributed by atoms with van der Waals surface area (Å²) >= 11 is 0. The molecule has 0 aromatic carbocycles. The monoisotopic (exact) mass is 2160 g/mol. The molecule has 9 heterocycles. The van der Waals surface area contributed by atoms with E-state index in [1.807, 2.05) is 34.6 Å². The van der Waals surface area contributed by atoms with Gasteiger partial charge >= 0.3 is 17.9 Å². The highest BCUT2D eigenvalue weighted by Gasteiger charge is 2.75. The van der Waals surface area contributed by atoms with Crippen LogP contribution in [-0.4, -0.2) is 497 Å². The van der Waals surface area contributed by atoms with E-state index in [4.69, 9.17) is 94.7 Å². The van der Waals surface area contributed by atoms with Crippen molar-refractivity contribution in [1.82, 2.24) is 0 Å². The van der Waals surface area contributed by atoms with E-state index < -0.39 is 404 Å². The van der Waals surface area contributed by atoms with Crippen molar-refractivity contribution in [1.29, 1.82) is 0 Å². The van der Waals surface area contributed by atoms with Gasteiger partial charge in [0.2, 0.25) is 6.29 Å². The van der Waals surface area contributed by atoms with Gasteiger partial charge in [0.15, 0.2) is 62.5 Å². The van der Waals surface area contributed by atoms with Crippen molar-refractivity contribution >= 4 is 17.9 Å². The van der Waals surface area contributed by atoms with Gasteiger partial charge in [-0.25, -0.2) is 9.59 Å². The Morgan fingerprint density at radius 2 is 0.933 bits per heavy atom. The molecule has 858 valence electrons. The van der Waals surface area contributed by atoms with Gasteiger partial charge in [-0.3, -0.25) is 4.79 Å². The highest BCUT2D eigenvalue weighted by Crippen LogP contribution is 2.77. The molecule has 0 aromatic heterocycles. The van der Waals surface area contributed by atoms with Gasteiger partial charge in [-0.15, -0.1) is 13.2 Å². The fourth-order valence-corrected chi connectivity index (χ4v) is 25.2. The number of hydrogen-bond donors (Lipinski definition) is 27. The average molecular weight is 2160 g/mol. The quantitative estimate of drug-likeness (QED) is 0.00911. The van der Waals surface area contributed by atoms with Crippen LogP contribution in [0.5, 0.6) is 0 Å². The Morgan fingerprint density at radius 3 is 1.51 bits per heavy atom. The Kier molecular flexibility index (Phi) is 38.7. The van der Waals surface area contributed by atoms with Crippen molar-refractivity contribution in [3.05, 3.63) is 60.3 Å². The fraction of sp³-hybridized carbons (Fsp3) is 0.870. The molecule has 0 spiro atoms. The van der Waals surface area contributed by atoms with Gasteiger partial charge < -0.3 is 233 Å². The molecule has 9 saturated heterocycles. The maximum atomic E-state index is 16.9. The van der Waals surface area contributed by atoms with E-state index in [9.17, 15) is 143 Å². The average Bonchev–Trinajstić information content (AvgIpc) is 0.719. The van der Waals surface area contributed by atoms with E-state index in [1.54, 1.807) is 6.92 Å². The molecule has 27 N–H and O–H groups in total. The number of esters is 3. The number of allylic oxidation sites excluding steroid dienone is 4. The first kappa shape index (κ1) is 121. The third kappa shape index (κ3) is 23.5. The van der Waals surface area contributed by atoms with Gasteiger partial charge in [0.1, 0.15) is 189 Å². The van der Waals surface area contributed by atoms with E-state index in [0.29, 0.717) is 31.3 Å². The Hall–Kier alpha value is -4.65. The van der Waals surface area contributed by atoms with Gasteiger partial charge in [-0.2, -0.15) is 0 Å². The van der Waals surface area contributed by atoms with Gasteiger partial charge in [0.25, 0.3) is 0 Å². The second-order valence-electron chi connectivity index (χ2n) is 45.3. The Balaban J connectivity index is 0.752. The molecule has 0 amide bonds. The summed E-state index contributed by atoms with van der Waals surface area (Å²) in [4.78, 5) is 45.2. The van der Waals surface area contributed by atoms with Crippen LogP contribution in [-0.2, 0) is 109 Å². The minimum absolute atomic E-state index is 0.0307. The van der Waals surface area contributed by atoms with Gasteiger partial charge in [-0.05, 0) is 138 Å². The third-order valence-electron chi connectivity index (χ3n) is 34.9. The lowest BCUT2D eigenvalue weighted by atomic mass is 9.33. The van der Waals surface area contributed by atoms with Crippen molar-refractivity contribution in [3.63, 3.8) is 0 Å². The first-order valence-electron chi connectivity index (χ1n) is 51.5. The standard InChI is InChI=1S/C100H158O50/c1-14-95(9,130)24-17-19-42(31-101)82(128)136-51-38-133-84(71(122)65(51)116)150-96(10,15-2)25-16-18-40(3)81(127)142-57-30-100(92(129)149-91-80(68(119)62(113)49(34-104)140-91)148-88-75(126)77(145-86-73(124)66(117)60(111)47(32-102)137-86)76(41(4)135-88)144-85-72(123)63(114)50(35-105)139-85)44(28-93(57,5)6)43-20-21-54-97(11)26-23-56(94(7,8)53(97)22-27-98(54,12)99(43,13)29-55(100)108)143-90-79(147-87-74(125)67(118)61(112)48(33-103)138-87)69(120)64(115)52(141-90)39-134-89-78(59(110)46(107)37-132-89)146-83-70(121)58(109)45(106)36-131-83/h14-15,18-20,41,44-80,83-91,101-126,130H,1-2,16-17,21-39H2,3-13H3. The van der Waals surface area contributed by atoms with Crippen molar-refractivity contribution in [3.8, 4) is 0 Å². The van der Waals surface area contributed by atoms with Crippen LogP contribution in [0.3, 0.4) is 0 Å². The minimum Gasteiger partial charge on any atom is -0.458 e. The number of rotatable bonds is 36. The second-order valence-corrected chi connectivity index (χ2v) is 45.3. The molecule has 4 saturated carbocycles. The van der Waals surface area contributed by atoms with E-state index in [2.05, 4.69) is 33.1 Å². The highest BCUT2D eigenvalue weighted by molar-refractivity contribution is 5.89. The molecule has 5 aliphatic carbocycles. The molecule has 14 aliphatic rings. The predicted octanol–water partition coefficient (Wildman–Crippen LogP) is -7.99. The van der Waals surface area contributed by atoms with Crippen molar-refractivity contribution in [2.75, 3.05) is 59.5 Å². The van der Waals surface area contributed by atoms with E-state index in [0.717, 1.165) is 0 Å². The third-order valence-corrected chi connectivity index (χ3v) is 34.9. The number of carbonyl (C=O) groups is 3. The first-order chi connectivity index (χ1) is 70.4. The van der Waals surface area contributed by atoms with Gasteiger partial charge in [0.05, 0.1) is 94.5 Å². The number of hydrogen-bond acceptors (Lipinski definition) is 50. The summed E-state index contributed by atoms with van der Waals surface area (Å²) in [6.07, 6.45) is -70.6. The van der Waals surface area contributed by atoms with Crippen molar-refractivity contribution < 1.29 is 247 Å². The molecule has 0 radical (unpaired) electrons. The molecular weight excluding hydrogens is 2000 g/mol. The maximum absolute atomic E-state index is 16.9. The zero-order valence-corrected chi connectivity index (χ0v) is 85.8. The lowest BCUT2D eigenvalue weighted by Gasteiger charge is -2.72. The molecular formula is C100H158O50. The van der Waals surface area contributed by atoms with E-state index in [1.165, 1.54) is 45.1 Å². The number of aliphatic hydroxyl groups excluding tert-OH is 26. The van der Waals surface area contributed by atoms with Crippen LogP contribution >= 0.6 is 0 Å². The summed E-state index contributed by atoms with van der Waals surface area (Å²) in [5.41, 5.74) is -8.94. The maximum Gasteiger partial charge on any atom is 0.336 e. The molecule has 53 unspecified atom stereocenters. The van der Waals surface area contributed by atoms with Crippen LogP contribution in [0, 0.1) is 50.2 Å². The van der Waals surface area contributed by atoms with Crippen LogP contribution in [0.25, 0.3) is 0 Å². The normalized spacial score (nSPS) is 48.7. The lowest BCUT2D eigenvalue weighted by Crippen LogP contribution is -2.70. The smallest absolute Gasteiger partial charge is 0.336 e. The van der Waals surface area contributed by atoms with Crippen LogP contribution in [0.15, 0.2) is 60.3 Å². The van der Waals surface area contributed by atoms with Crippen molar-refractivity contribution in [2.24, 2.45) is 50.2 Å². The van der Waals surface area contributed by atoms with Crippen LogP contribution in [0.4, 0.5) is 0 Å². The number of fused-ring (bicyclic) bond motifs is 7. The summed E-state index contributed by atoms with van der Waals surface area (Å²) in [6.45, 7) is 20.6. The Bertz CT molecular complexity index is 4600. The molecule has 0 bridgehead atoms. The molecule has 13 fully saturated rings. The van der Waals surface area contributed by atoms with Gasteiger partial charge in [0, 0.05) is 17.4 Å². The Labute approximate surface area is 866 Å². The predicted molar refractivity (Wildman–Crippen MR) is 500 cm³/mol. The van der Waals surface area contributed by atoms with E-state index >= 15 is 9.59 Å². The zero-order chi connectivity index (χ0) is 110. The number of aliphatic hydroxyl groups is 27. The SMILES string of the molecule is C=CC(C)(O)CCC=C(CO)C(=O)OC1COC(OC(C)(C=C)CCC=C(C)C(=O)OC2CC3(C(=O)OC4OC(CO)C(O)C(O)C4OC4OC(C)C(OC5OC(CO)C(O)C5O)C(OC5OC(CO)C(O)C(O)C5O)C4O)C(O)CC4(C)C(=CCC5C6(C)CCC(OC7OC(COC8OCC(O)C(O)C8OC8OCC(O)C(O)C8O)C(O)C(O)C7OC7OC(CO)C(O)C(O)C7O)C(C)(C)C6CCC54C)C3CC2(C)C)C(O)C1O. The van der Waals surface area contributed by atoms with E-state index in [-0.39, 0.29) is 67.9 Å². The first-order valence-corrected chi connectivity index (χ1v) is 51.5. The summed E-state index contributed by atoms with van der Waals surface area (Å²) < 4.78 is 122. The second kappa shape index (κ2) is 48.1. The van der Waals surface area contributed by atoms with Crippen molar-refractivity contribution in [2.45, 2.75) is 435 Å². The summed E-state index contributed by atoms with van der Waals surface area (Å²) in [5, 5.41) is 302. The minimum atomic E-state index is -2.30. The molecule has 50 heteroatoms. The largest absolute Gasteiger partial charge is 0.458 e. The summed E-state index contributed by atoms with van der Waals surface area (Å²) in [6, 6.07) is 0. The van der Waals surface area contributed by atoms with Gasteiger partial charge in [-0.1, -0.05) is 84.4 Å². The fourth-order valence-electron chi connectivity index (χ4n) is 25.2. The molecule has 50 nitrogen and oxygen atoms in total.